The number of ether oxygens (including phenoxy) is 2. The molecule has 1 aliphatic carbocycles. The van der Waals surface area contributed by atoms with E-state index in [0.717, 1.165) is 50.3 Å². The van der Waals surface area contributed by atoms with E-state index in [1.165, 1.54) is 16.0 Å². The highest BCUT2D eigenvalue weighted by atomic mass is 16.5. The molecule has 4 heteroatoms. The van der Waals surface area contributed by atoms with Gasteiger partial charge >= 0.3 is 0 Å². The first-order valence-electron chi connectivity index (χ1n) is 7.83. The molecule has 0 amide bonds. The van der Waals surface area contributed by atoms with E-state index in [9.17, 15) is 5.11 Å². The van der Waals surface area contributed by atoms with Crippen LogP contribution in [0.25, 0.3) is 0 Å². The summed E-state index contributed by atoms with van der Waals surface area (Å²) in [6, 6.07) is 4.32. The SMILES string of the molecule is COc1cc2c(cc1OC)C1(CCC(O)CC1)C[NH+](C)C2. The second-order valence-corrected chi connectivity index (χ2v) is 6.69. The summed E-state index contributed by atoms with van der Waals surface area (Å²) in [7, 11) is 5.64. The fraction of sp³-hybridized carbons (Fsp3) is 0.647. The maximum atomic E-state index is 9.87. The monoisotopic (exact) mass is 292 g/mol. The summed E-state index contributed by atoms with van der Waals surface area (Å²) in [6.07, 6.45) is 3.81. The highest BCUT2D eigenvalue weighted by Crippen LogP contribution is 2.44. The van der Waals surface area contributed by atoms with Crippen molar-refractivity contribution in [2.45, 2.75) is 43.7 Å². The Bertz CT molecular complexity index is 521. The van der Waals surface area contributed by atoms with Gasteiger partial charge in [-0.2, -0.15) is 0 Å². The van der Waals surface area contributed by atoms with E-state index in [-0.39, 0.29) is 11.5 Å². The summed E-state index contributed by atoms with van der Waals surface area (Å²) >= 11 is 0. The summed E-state index contributed by atoms with van der Waals surface area (Å²) in [5.74, 6) is 1.64. The number of methoxy groups -OCH3 is 2. The maximum absolute atomic E-state index is 9.87. The lowest BCUT2D eigenvalue weighted by Gasteiger charge is -2.44. The number of aliphatic hydroxyl groups is 1. The lowest BCUT2D eigenvalue weighted by molar-refractivity contribution is -0.901. The molecule has 1 aromatic rings. The van der Waals surface area contributed by atoms with Crippen molar-refractivity contribution in [2.75, 3.05) is 27.8 Å². The van der Waals surface area contributed by atoms with Crippen LogP contribution in [-0.4, -0.2) is 39.0 Å². The highest BCUT2D eigenvalue weighted by Gasteiger charge is 2.44. The van der Waals surface area contributed by atoms with E-state index >= 15 is 0 Å². The highest BCUT2D eigenvalue weighted by molar-refractivity contribution is 5.50. The van der Waals surface area contributed by atoms with Crippen LogP contribution in [-0.2, 0) is 12.0 Å². The van der Waals surface area contributed by atoms with Crippen molar-refractivity contribution >= 4 is 0 Å². The summed E-state index contributed by atoms with van der Waals surface area (Å²) < 4.78 is 11.0. The van der Waals surface area contributed by atoms with Gasteiger partial charge < -0.3 is 19.5 Å². The first-order valence-corrected chi connectivity index (χ1v) is 7.83. The van der Waals surface area contributed by atoms with Gasteiger partial charge in [-0.3, -0.25) is 0 Å². The Labute approximate surface area is 126 Å². The molecule has 2 aliphatic rings. The quantitative estimate of drug-likeness (QED) is 0.851. The number of hydrogen-bond acceptors (Lipinski definition) is 3. The van der Waals surface area contributed by atoms with Crippen LogP contribution < -0.4 is 14.4 Å². The summed E-state index contributed by atoms with van der Waals surface area (Å²) in [5.41, 5.74) is 2.97. The molecule has 1 heterocycles. The molecule has 21 heavy (non-hydrogen) atoms. The van der Waals surface area contributed by atoms with Gasteiger partial charge in [-0.25, -0.2) is 0 Å². The van der Waals surface area contributed by atoms with Crippen LogP contribution in [0.1, 0.15) is 36.8 Å². The number of fused-ring (bicyclic) bond motifs is 2. The number of likely N-dealkylation sites (N-methyl/N-ethyl adjacent to an activating group) is 1. The second-order valence-electron chi connectivity index (χ2n) is 6.69. The van der Waals surface area contributed by atoms with E-state index in [1.54, 1.807) is 14.2 Å². The van der Waals surface area contributed by atoms with Crippen LogP contribution in [0.2, 0.25) is 0 Å². The Morgan fingerprint density at radius 1 is 1.14 bits per heavy atom. The molecule has 2 N–H and O–H groups in total. The number of rotatable bonds is 2. The van der Waals surface area contributed by atoms with Crippen molar-refractivity contribution in [1.82, 2.24) is 0 Å². The summed E-state index contributed by atoms with van der Waals surface area (Å²) in [4.78, 5) is 1.53. The van der Waals surface area contributed by atoms with E-state index < -0.39 is 0 Å². The van der Waals surface area contributed by atoms with Gasteiger partial charge in [0, 0.05) is 11.0 Å². The molecule has 1 aliphatic heterocycles. The zero-order valence-corrected chi connectivity index (χ0v) is 13.2. The predicted octanol–water partition coefficient (Wildman–Crippen LogP) is 0.905. The largest absolute Gasteiger partial charge is 0.493 e. The van der Waals surface area contributed by atoms with Crippen LogP contribution in [0, 0.1) is 0 Å². The molecular weight excluding hydrogens is 266 g/mol. The van der Waals surface area contributed by atoms with E-state index in [2.05, 4.69) is 19.2 Å². The number of quaternary nitrogens is 1. The minimum atomic E-state index is -0.124. The molecule has 4 nitrogen and oxygen atoms in total. The van der Waals surface area contributed by atoms with Gasteiger partial charge in [0.15, 0.2) is 11.5 Å². The number of nitrogens with one attached hydrogen (secondary N) is 1. The third kappa shape index (κ3) is 2.51. The zero-order chi connectivity index (χ0) is 15.0. The third-order valence-corrected chi connectivity index (χ3v) is 5.23. The molecule has 116 valence electrons. The predicted molar refractivity (Wildman–Crippen MR) is 81.2 cm³/mol. The van der Waals surface area contributed by atoms with Crippen molar-refractivity contribution in [3.63, 3.8) is 0 Å². The van der Waals surface area contributed by atoms with E-state index in [4.69, 9.17) is 9.47 Å². The Morgan fingerprint density at radius 2 is 1.76 bits per heavy atom. The molecule has 0 radical (unpaired) electrons. The van der Waals surface area contributed by atoms with Gasteiger partial charge in [0.05, 0.1) is 33.9 Å². The lowest BCUT2D eigenvalue weighted by Crippen LogP contribution is -3.10. The number of hydrogen-bond donors (Lipinski definition) is 2. The molecule has 3 rings (SSSR count). The summed E-state index contributed by atoms with van der Waals surface area (Å²) in [6.45, 7) is 2.17. The minimum absolute atomic E-state index is 0.124. The molecule has 1 aromatic carbocycles. The molecule has 1 saturated carbocycles. The maximum Gasteiger partial charge on any atom is 0.161 e. The molecule has 1 fully saturated rings. The van der Waals surface area contributed by atoms with Crippen molar-refractivity contribution in [1.29, 1.82) is 0 Å². The molecule has 0 bridgehead atoms. The van der Waals surface area contributed by atoms with Crippen LogP contribution in [0.5, 0.6) is 11.5 Å². The van der Waals surface area contributed by atoms with Gasteiger partial charge in [0.1, 0.15) is 6.54 Å². The topological polar surface area (TPSA) is 43.1 Å². The minimum Gasteiger partial charge on any atom is -0.493 e. The zero-order valence-electron chi connectivity index (χ0n) is 13.2. The van der Waals surface area contributed by atoms with Crippen molar-refractivity contribution in [2.24, 2.45) is 0 Å². The number of benzene rings is 1. The molecule has 1 atom stereocenters. The average Bonchev–Trinajstić information content (AvgIpc) is 2.49. The van der Waals surface area contributed by atoms with Crippen LogP contribution in [0.3, 0.4) is 0 Å². The first kappa shape index (κ1) is 14.7. The van der Waals surface area contributed by atoms with E-state index in [1.807, 2.05) is 0 Å². The Kier molecular flexibility index (Phi) is 3.84. The van der Waals surface area contributed by atoms with Gasteiger partial charge in [0.2, 0.25) is 0 Å². The first-order chi connectivity index (χ1) is 10.1. The van der Waals surface area contributed by atoms with Gasteiger partial charge in [-0.1, -0.05) is 0 Å². The Balaban J connectivity index is 2.06. The standard InChI is InChI=1S/C17H25NO3/c1-18-10-12-8-15(20-2)16(21-3)9-14(12)17(11-18)6-4-13(19)5-7-17/h8-9,13,19H,4-7,10-11H2,1-3H3/p+1. The van der Waals surface area contributed by atoms with Crippen molar-refractivity contribution < 1.29 is 19.5 Å². The normalized spacial score (nSPS) is 31.8. The van der Waals surface area contributed by atoms with Crippen LogP contribution >= 0.6 is 0 Å². The summed E-state index contributed by atoms with van der Waals surface area (Å²) in [5, 5.41) is 9.87. The fourth-order valence-electron chi connectivity index (χ4n) is 4.22. The van der Waals surface area contributed by atoms with Gasteiger partial charge in [-0.05, 0) is 43.4 Å². The average molecular weight is 292 g/mol. The van der Waals surface area contributed by atoms with Crippen molar-refractivity contribution in [3.8, 4) is 11.5 Å². The van der Waals surface area contributed by atoms with Gasteiger partial charge in [-0.15, -0.1) is 0 Å². The fourth-order valence-corrected chi connectivity index (χ4v) is 4.22. The molecule has 1 unspecified atom stereocenters. The second kappa shape index (κ2) is 5.50. The Morgan fingerprint density at radius 3 is 2.38 bits per heavy atom. The molecule has 0 saturated heterocycles. The van der Waals surface area contributed by atoms with Crippen LogP contribution in [0.15, 0.2) is 12.1 Å². The van der Waals surface area contributed by atoms with Gasteiger partial charge in [0.25, 0.3) is 0 Å². The molecule has 0 aromatic heterocycles. The Hall–Kier alpha value is -1.26. The van der Waals surface area contributed by atoms with E-state index in [0.29, 0.717) is 0 Å². The molecule has 1 spiro atoms. The number of aliphatic hydroxyl groups excluding tert-OH is 1. The van der Waals surface area contributed by atoms with Crippen LogP contribution in [0.4, 0.5) is 0 Å². The molecular formula is C17H26NO3+. The van der Waals surface area contributed by atoms with Crippen molar-refractivity contribution in [3.05, 3.63) is 23.3 Å². The third-order valence-electron chi connectivity index (χ3n) is 5.23. The lowest BCUT2D eigenvalue weighted by atomic mass is 9.65. The smallest absolute Gasteiger partial charge is 0.161 e.